The van der Waals surface area contributed by atoms with E-state index in [4.69, 9.17) is 0 Å². The first-order valence-corrected chi connectivity index (χ1v) is 6.42. The maximum Gasteiger partial charge on any atom is 0.450 e. The van der Waals surface area contributed by atoms with Gasteiger partial charge in [-0.3, -0.25) is 0 Å². The summed E-state index contributed by atoms with van der Waals surface area (Å²) >= 11 is 3.03. The Morgan fingerprint density at radius 3 is 2.53 bits per heavy atom. The first kappa shape index (κ1) is 12.4. The molecule has 0 aliphatic carbocycles. The fourth-order valence-electron chi connectivity index (χ4n) is 1.26. The van der Waals surface area contributed by atoms with Crippen molar-refractivity contribution in [2.24, 2.45) is 4.40 Å². The number of nitrogens with zero attached hydrogens (tertiary/aromatic N) is 1. The highest BCUT2D eigenvalue weighted by molar-refractivity contribution is 9.10. The van der Waals surface area contributed by atoms with Crippen molar-refractivity contribution in [3.63, 3.8) is 0 Å². The van der Waals surface area contributed by atoms with Crippen LogP contribution in [0.15, 0.2) is 32.0 Å². The number of halogens is 4. The van der Waals surface area contributed by atoms with Crippen LogP contribution < -0.4 is 5.32 Å². The van der Waals surface area contributed by atoms with Gasteiger partial charge in [-0.1, -0.05) is 15.9 Å². The van der Waals surface area contributed by atoms with Crippen molar-refractivity contribution >= 4 is 37.5 Å². The summed E-state index contributed by atoms with van der Waals surface area (Å²) in [6.07, 6.45) is -4.84. The highest BCUT2D eigenvalue weighted by Crippen LogP contribution is 2.33. The number of rotatable bonds is 0. The third kappa shape index (κ3) is 2.29. The molecule has 0 radical (unpaired) electrons. The van der Waals surface area contributed by atoms with Gasteiger partial charge in [0.05, 0.1) is 5.69 Å². The first-order chi connectivity index (χ1) is 7.70. The van der Waals surface area contributed by atoms with E-state index in [0.717, 1.165) is 0 Å². The quantitative estimate of drug-likeness (QED) is 0.796. The topological polar surface area (TPSA) is 58.5 Å². The molecule has 0 fully saturated rings. The van der Waals surface area contributed by atoms with Crippen LogP contribution >= 0.6 is 15.9 Å². The predicted octanol–water partition coefficient (Wildman–Crippen LogP) is 2.52. The van der Waals surface area contributed by atoms with Gasteiger partial charge in [-0.2, -0.15) is 21.6 Å². The summed E-state index contributed by atoms with van der Waals surface area (Å²) < 4.78 is 63.4. The Morgan fingerprint density at radius 2 is 1.94 bits per heavy atom. The molecule has 2 rings (SSSR count). The van der Waals surface area contributed by atoms with Crippen LogP contribution in [0.5, 0.6) is 0 Å². The largest absolute Gasteiger partial charge is 0.450 e. The van der Waals surface area contributed by atoms with Crippen LogP contribution in [0.3, 0.4) is 0 Å². The molecule has 0 atom stereocenters. The van der Waals surface area contributed by atoms with Crippen LogP contribution in [0.2, 0.25) is 0 Å². The van der Waals surface area contributed by atoms with E-state index in [1.807, 2.05) is 5.32 Å². The van der Waals surface area contributed by atoms with E-state index in [1.54, 1.807) is 0 Å². The first-order valence-electron chi connectivity index (χ1n) is 4.19. The van der Waals surface area contributed by atoms with Crippen molar-refractivity contribution in [3.05, 3.63) is 22.7 Å². The van der Waals surface area contributed by atoms with Gasteiger partial charge in [-0.25, -0.2) is 0 Å². The summed E-state index contributed by atoms with van der Waals surface area (Å²) in [4.78, 5) is -0.292. The van der Waals surface area contributed by atoms with Gasteiger partial charge in [0, 0.05) is 4.47 Å². The van der Waals surface area contributed by atoms with E-state index in [9.17, 15) is 21.6 Å². The minimum atomic E-state index is -4.84. The van der Waals surface area contributed by atoms with Gasteiger partial charge in [-0.15, -0.1) is 4.40 Å². The molecule has 1 aromatic rings. The molecule has 92 valence electrons. The fraction of sp³-hybridized carbons (Fsp3) is 0.125. The number of amidine groups is 1. The van der Waals surface area contributed by atoms with Crippen LogP contribution in [0.1, 0.15) is 0 Å². The maximum atomic E-state index is 12.4. The Morgan fingerprint density at radius 1 is 1.29 bits per heavy atom. The standard InChI is InChI=1S/C8H4BrF3N2O2S/c9-4-1-2-5-6(3-4)17(15,16)14-7(13-5)8(10,11)12/h1-3H,(H,13,14). The summed E-state index contributed by atoms with van der Waals surface area (Å²) in [6.45, 7) is 0. The lowest BCUT2D eigenvalue weighted by Gasteiger charge is -2.19. The molecule has 1 N–H and O–H groups in total. The second-order valence-electron chi connectivity index (χ2n) is 3.18. The number of nitrogens with one attached hydrogen (secondary N) is 1. The normalized spacial score (nSPS) is 18.0. The molecule has 9 heteroatoms. The highest BCUT2D eigenvalue weighted by atomic mass is 79.9. The molecule has 1 aliphatic rings. The van der Waals surface area contributed by atoms with Gasteiger partial charge in [-0.05, 0) is 18.2 Å². The van der Waals surface area contributed by atoms with Crippen molar-refractivity contribution < 1.29 is 21.6 Å². The van der Waals surface area contributed by atoms with Crippen LogP contribution in [0.25, 0.3) is 0 Å². The summed E-state index contributed by atoms with van der Waals surface area (Å²) in [6, 6.07) is 3.85. The average molecular weight is 329 g/mol. The van der Waals surface area contributed by atoms with E-state index in [2.05, 4.69) is 20.3 Å². The number of hydrogen-bond donors (Lipinski definition) is 1. The molecule has 0 bridgehead atoms. The number of sulfonamides is 1. The Hall–Kier alpha value is -1.09. The summed E-state index contributed by atoms with van der Waals surface area (Å²) in [5, 5.41) is 1.94. The number of alkyl halides is 3. The van der Waals surface area contributed by atoms with Gasteiger partial charge in [0.15, 0.2) is 0 Å². The SMILES string of the molecule is O=S1(=O)N=C(C(F)(F)F)Nc2ccc(Br)cc21. The van der Waals surface area contributed by atoms with E-state index < -0.39 is 22.0 Å². The van der Waals surface area contributed by atoms with Crippen LogP contribution in [0, 0.1) is 0 Å². The predicted molar refractivity (Wildman–Crippen MR) is 58.4 cm³/mol. The monoisotopic (exact) mass is 328 g/mol. The third-order valence-electron chi connectivity index (χ3n) is 1.95. The summed E-state index contributed by atoms with van der Waals surface area (Å²) in [7, 11) is -4.32. The maximum absolute atomic E-state index is 12.4. The third-order valence-corrected chi connectivity index (χ3v) is 3.76. The van der Waals surface area contributed by atoms with Crippen LogP contribution in [-0.4, -0.2) is 20.4 Å². The van der Waals surface area contributed by atoms with E-state index in [-0.39, 0.29) is 10.6 Å². The second-order valence-corrected chi connectivity index (χ2v) is 5.67. The molecule has 0 spiro atoms. The minimum absolute atomic E-state index is 0.143. The van der Waals surface area contributed by atoms with Crippen molar-refractivity contribution in [2.75, 3.05) is 5.32 Å². The number of benzene rings is 1. The Balaban J connectivity index is 2.63. The van der Waals surface area contributed by atoms with Gasteiger partial charge in [0.2, 0.25) is 5.84 Å². The molecule has 0 aromatic heterocycles. The minimum Gasteiger partial charge on any atom is -0.334 e. The van der Waals surface area contributed by atoms with Gasteiger partial charge in [0.1, 0.15) is 4.90 Å². The molecule has 0 saturated heterocycles. The van der Waals surface area contributed by atoms with Crippen LogP contribution in [0.4, 0.5) is 18.9 Å². The lowest BCUT2D eigenvalue weighted by molar-refractivity contribution is -0.0585. The van der Waals surface area contributed by atoms with Gasteiger partial charge >= 0.3 is 6.18 Å². The molecule has 1 aromatic carbocycles. The van der Waals surface area contributed by atoms with E-state index in [0.29, 0.717) is 4.47 Å². The average Bonchev–Trinajstić information content (AvgIpc) is 2.16. The fourth-order valence-corrected chi connectivity index (χ4v) is 2.93. The van der Waals surface area contributed by atoms with E-state index >= 15 is 0 Å². The second kappa shape index (κ2) is 3.70. The van der Waals surface area contributed by atoms with Crippen molar-refractivity contribution in [2.45, 2.75) is 11.1 Å². The Bertz CT molecular complexity index is 610. The van der Waals surface area contributed by atoms with Gasteiger partial charge in [0.25, 0.3) is 10.0 Å². The molecular formula is C8H4BrF3N2O2S. The zero-order valence-corrected chi connectivity index (χ0v) is 10.3. The smallest absolute Gasteiger partial charge is 0.334 e. The van der Waals surface area contributed by atoms with E-state index in [1.165, 1.54) is 18.2 Å². The molecular weight excluding hydrogens is 325 g/mol. The number of anilines is 1. The summed E-state index contributed by atoms with van der Waals surface area (Å²) in [5.74, 6) is -1.53. The molecule has 4 nitrogen and oxygen atoms in total. The lowest BCUT2D eigenvalue weighted by atomic mass is 10.3. The van der Waals surface area contributed by atoms with Crippen LogP contribution in [-0.2, 0) is 10.0 Å². The molecule has 1 aliphatic heterocycles. The molecule has 1 heterocycles. The number of fused-ring (bicyclic) bond motifs is 1. The zero-order valence-electron chi connectivity index (χ0n) is 7.92. The lowest BCUT2D eigenvalue weighted by Crippen LogP contribution is -2.34. The number of hydrogen-bond acceptors (Lipinski definition) is 3. The molecule has 0 unspecified atom stereocenters. The molecule has 0 saturated carbocycles. The zero-order chi connectivity index (χ0) is 12.8. The van der Waals surface area contributed by atoms with Gasteiger partial charge < -0.3 is 5.32 Å². The van der Waals surface area contributed by atoms with Crippen molar-refractivity contribution in [3.8, 4) is 0 Å². The van der Waals surface area contributed by atoms with Crippen molar-refractivity contribution in [1.29, 1.82) is 0 Å². The van der Waals surface area contributed by atoms with Crippen molar-refractivity contribution in [1.82, 2.24) is 0 Å². The summed E-state index contributed by atoms with van der Waals surface area (Å²) in [5.41, 5.74) is -0.143. The Labute approximate surface area is 103 Å². The Kier molecular flexibility index (Phi) is 2.69. The molecule has 0 amide bonds. The highest BCUT2D eigenvalue weighted by Gasteiger charge is 2.41. The molecule has 17 heavy (non-hydrogen) atoms.